The molecule has 0 heterocycles. The number of hydrogen-bond donors (Lipinski definition) is 1. The molecule has 0 atom stereocenters. The molecule has 0 bridgehead atoms. The second-order valence-corrected chi connectivity index (χ2v) is 4.14. The van der Waals surface area contributed by atoms with E-state index >= 15 is 0 Å². The van der Waals surface area contributed by atoms with Crippen LogP contribution in [0, 0.1) is 0 Å². The lowest BCUT2D eigenvalue weighted by atomic mass is 10.1. The van der Waals surface area contributed by atoms with Gasteiger partial charge in [0.05, 0.1) is 13.6 Å². The first-order chi connectivity index (χ1) is 4.98. The molecule has 0 radical (unpaired) electrons. The Balaban J connectivity index is 3.44. The van der Waals surface area contributed by atoms with Crippen LogP contribution in [0.2, 0.25) is 0 Å². The third-order valence-corrected chi connectivity index (χ3v) is 2.13. The highest BCUT2D eigenvalue weighted by Gasteiger charge is 2.15. The van der Waals surface area contributed by atoms with Crippen LogP contribution in [0.1, 0.15) is 27.2 Å². The van der Waals surface area contributed by atoms with Crippen molar-refractivity contribution < 1.29 is 5.32 Å². The van der Waals surface area contributed by atoms with Crippen LogP contribution in [-0.2, 0) is 0 Å². The van der Waals surface area contributed by atoms with E-state index in [-0.39, 0.29) is 0 Å². The highest BCUT2D eigenvalue weighted by atomic mass is 15.2. The molecule has 0 amide bonds. The number of quaternary nitrogens is 1. The molecule has 0 aromatic rings. The molecule has 0 rings (SSSR count). The van der Waals surface area contributed by atoms with E-state index in [2.05, 4.69) is 45.1 Å². The molecule has 11 heavy (non-hydrogen) atoms. The van der Waals surface area contributed by atoms with Crippen molar-refractivity contribution in [2.24, 2.45) is 0 Å². The highest BCUT2D eigenvalue weighted by molar-refractivity contribution is 4.71. The standard InChI is InChI=1S/C9H22N2/c1-9(2,3)11(5)8-6-7-10-4/h10H,6-8H2,1-5H3/p+1. The van der Waals surface area contributed by atoms with Crippen molar-refractivity contribution >= 4 is 0 Å². The predicted molar refractivity (Wildman–Crippen MR) is 49.7 cm³/mol. The van der Waals surface area contributed by atoms with Crippen molar-refractivity contribution in [3.05, 3.63) is 0 Å². The van der Waals surface area contributed by atoms with E-state index in [0.717, 1.165) is 0 Å². The molecule has 2 N–H and O–H groups in total. The van der Waals surface area contributed by atoms with Crippen LogP contribution < -0.4 is 5.32 Å². The Morgan fingerprint density at radius 2 is 1.82 bits per heavy atom. The van der Waals surface area contributed by atoms with Crippen molar-refractivity contribution in [1.29, 1.82) is 0 Å². The Hall–Kier alpha value is -0.0800. The summed E-state index contributed by atoms with van der Waals surface area (Å²) in [5, 5.41) is 2.23. The first kappa shape index (κ1) is 10.9. The summed E-state index contributed by atoms with van der Waals surface area (Å²) in [4.78, 5) is 2.40. The van der Waals surface area contributed by atoms with Crippen LogP contribution in [-0.4, -0.2) is 37.6 Å². The maximum Gasteiger partial charge on any atom is 0.0765 e. The molecule has 2 nitrogen and oxygen atoms in total. The van der Waals surface area contributed by atoms with Gasteiger partial charge < -0.3 is 10.2 Å². The van der Waals surface area contributed by atoms with Gasteiger partial charge >= 0.3 is 0 Å². The van der Waals surface area contributed by atoms with E-state index in [1.165, 1.54) is 19.5 Å². The molecule has 0 aromatic heterocycles. The van der Waals surface area contributed by atoms with Crippen LogP contribution >= 0.6 is 0 Å². The van der Waals surface area contributed by atoms with E-state index in [9.17, 15) is 0 Å². The molecular formula is C9H23N2+. The minimum atomic E-state index is 0.327. The van der Waals surface area contributed by atoms with Crippen molar-refractivity contribution in [3.63, 3.8) is 0 Å². The van der Waals surface area contributed by atoms with E-state index < -0.39 is 0 Å². The van der Waals surface area contributed by atoms with Crippen molar-refractivity contribution in [2.75, 3.05) is 27.2 Å². The number of nitrogens with zero attached hydrogens (tertiary/aromatic N) is 1. The van der Waals surface area contributed by atoms with Gasteiger partial charge in [-0.2, -0.15) is 0 Å². The molecule has 0 saturated carbocycles. The Labute approximate surface area is 71.0 Å². The SMILES string of the molecule is C[NH2+]CCCN(C)C(C)(C)C. The van der Waals surface area contributed by atoms with Gasteiger partial charge in [0.1, 0.15) is 0 Å². The van der Waals surface area contributed by atoms with Crippen molar-refractivity contribution in [2.45, 2.75) is 32.7 Å². The first-order valence-electron chi connectivity index (χ1n) is 4.47. The Morgan fingerprint density at radius 1 is 1.27 bits per heavy atom. The summed E-state index contributed by atoms with van der Waals surface area (Å²) in [7, 11) is 4.31. The van der Waals surface area contributed by atoms with Crippen molar-refractivity contribution in [1.82, 2.24) is 4.90 Å². The average molecular weight is 159 g/mol. The quantitative estimate of drug-likeness (QED) is 0.585. The topological polar surface area (TPSA) is 19.9 Å². The zero-order valence-corrected chi connectivity index (χ0v) is 8.65. The van der Waals surface area contributed by atoms with Crippen LogP contribution in [0.4, 0.5) is 0 Å². The van der Waals surface area contributed by atoms with Gasteiger partial charge in [-0.25, -0.2) is 0 Å². The molecule has 0 aromatic carbocycles. The molecule has 68 valence electrons. The average Bonchev–Trinajstić information content (AvgIpc) is 1.86. The van der Waals surface area contributed by atoms with E-state index in [1.807, 2.05) is 0 Å². The van der Waals surface area contributed by atoms with E-state index in [0.29, 0.717) is 5.54 Å². The van der Waals surface area contributed by atoms with Gasteiger partial charge in [0.2, 0.25) is 0 Å². The predicted octanol–water partition coefficient (Wildman–Crippen LogP) is 0.300. The monoisotopic (exact) mass is 159 g/mol. The first-order valence-corrected chi connectivity index (χ1v) is 4.47. The smallest absolute Gasteiger partial charge is 0.0765 e. The van der Waals surface area contributed by atoms with Crippen LogP contribution in [0.3, 0.4) is 0 Å². The van der Waals surface area contributed by atoms with Gasteiger partial charge in [0.15, 0.2) is 0 Å². The summed E-state index contributed by atoms with van der Waals surface area (Å²) < 4.78 is 0. The van der Waals surface area contributed by atoms with E-state index in [4.69, 9.17) is 0 Å². The zero-order chi connectivity index (χ0) is 8.91. The minimum Gasteiger partial charge on any atom is -0.349 e. The maximum atomic E-state index is 2.40. The molecule has 2 heteroatoms. The normalized spacial score (nSPS) is 12.5. The second-order valence-electron chi connectivity index (χ2n) is 4.14. The van der Waals surface area contributed by atoms with Gasteiger partial charge in [-0.05, 0) is 27.8 Å². The number of nitrogens with two attached hydrogens (primary N) is 1. The molecule has 0 unspecified atom stereocenters. The molecule has 0 spiro atoms. The van der Waals surface area contributed by atoms with Gasteiger partial charge in [-0.3, -0.25) is 0 Å². The Bertz CT molecular complexity index is 94.2. The molecule has 0 saturated heterocycles. The summed E-state index contributed by atoms with van der Waals surface area (Å²) >= 11 is 0. The van der Waals surface area contributed by atoms with E-state index in [1.54, 1.807) is 0 Å². The molecule has 0 aliphatic carbocycles. The molecular weight excluding hydrogens is 136 g/mol. The fourth-order valence-electron chi connectivity index (χ4n) is 0.868. The minimum absolute atomic E-state index is 0.327. The highest BCUT2D eigenvalue weighted by Crippen LogP contribution is 2.09. The van der Waals surface area contributed by atoms with Crippen LogP contribution in [0.5, 0.6) is 0 Å². The molecule has 0 aliphatic rings. The fraction of sp³-hybridized carbons (Fsp3) is 1.00. The third kappa shape index (κ3) is 5.22. The zero-order valence-electron chi connectivity index (χ0n) is 8.65. The molecule has 0 fully saturated rings. The Kier molecular flexibility index (Phi) is 4.69. The number of hydrogen-bond acceptors (Lipinski definition) is 1. The summed E-state index contributed by atoms with van der Waals surface area (Å²) in [6.45, 7) is 9.20. The number of rotatable bonds is 4. The van der Waals surface area contributed by atoms with Crippen LogP contribution in [0.25, 0.3) is 0 Å². The summed E-state index contributed by atoms with van der Waals surface area (Å²) in [6.07, 6.45) is 1.28. The summed E-state index contributed by atoms with van der Waals surface area (Å²) in [5.41, 5.74) is 0.327. The second kappa shape index (κ2) is 4.73. The lowest BCUT2D eigenvalue weighted by Crippen LogP contribution is -2.79. The summed E-state index contributed by atoms with van der Waals surface area (Å²) in [5.74, 6) is 0. The molecule has 0 aliphatic heterocycles. The van der Waals surface area contributed by atoms with Gasteiger partial charge in [0, 0.05) is 18.5 Å². The van der Waals surface area contributed by atoms with Gasteiger partial charge in [0.25, 0.3) is 0 Å². The summed E-state index contributed by atoms with van der Waals surface area (Å²) in [6, 6.07) is 0. The van der Waals surface area contributed by atoms with Gasteiger partial charge in [-0.15, -0.1) is 0 Å². The lowest BCUT2D eigenvalue weighted by molar-refractivity contribution is -0.627. The largest absolute Gasteiger partial charge is 0.349 e. The Morgan fingerprint density at radius 3 is 2.18 bits per heavy atom. The third-order valence-electron chi connectivity index (χ3n) is 2.13. The van der Waals surface area contributed by atoms with Crippen LogP contribution in [0.15, 0.2) is 0 Å². The maximum absolute atomic E-state index is 2.40. The van der Waals surface area contributed by atoms with Gasteiger partial charge in [-0.1, -0.05) is 0 Å². The fourth-order valence-corrected chi connectivity index (χ4v) is 0.868. The van der Waals surface area contributed by atoms with Crippen molar-refractivity contribution in [3.8, 4) is 0 Å². The lowest BCUT2D eigenvalue weighted by Gasteiger charge is -2.31.